The molecule has 8 nitrogen and oxygen atoms in total. The molecule has 28 heavy (non-hydrogen) atoms. The summed E-state index contributed by atoms with van der Waals surface area (Å²) < 4.78 is 7.06. The maximum atomic E-state index is 12.0. The van der Waals surface area contributed by atoms with Crippen molar-refractivity contribution in [3.05, 3.63) is 54.0 Å². The zero-order valence-corrected chi connectivity index (χ0v) is 16.5. The molecule has 0 saturated heterocycles. The van der Waals surface area contributed by atoms with Crippen molar-refractivity contribution in [2.45, 2.75) is 32.1 Å². The van der Waals surface area contributed by atoms with Crippen molar-refractivity contribution in [1.82, 2.24) is 25.4 Å². The highest BCUT2D eigenvalue weighted by molar-refractivity contribution is 7.99. The molecule has 0 aliphatic rings. The van der Waals surface area contributed by atoms with Gasteiger partial charge in [0.05, 0.1) is 18.6 Å². The molecule has 9 heteroatoms. The maximum Gasteiger partial charge on any atom is 0.321 e. The molecule has 0 atom stereocenters. The van der Waals surface area contributed by atoms with Crippen molar-refractivity contribution in [2.24, 2.45) is 0 Å². The molecule has 3 aromatic rings. The lowest BCUT2D eigenvalue weighted by molar-refractivity contribution is -0.117. The van der Waals surface area contributed by atoms with E-state index in [2.05, 4.69) is 20.8 Å². The summed E-state index contributed by atoms with van der Waals surface area (Å²) in [5.41, 5.74) is 2.11. The summed E-state index contributed by atoms with van der Waals surface area (Å²) in [5.74, 6) is 1.01. The van der Waals surface area contributed by atoms with E-state index in [9.17, 15) is 9.59 Å². The van der Waals surface area contributed by atoms with Gasteiger partial charge in [-0.05, 0) is 32.0 Å². The molecule has 2 aromatic heterocycles. The van der Waals surface area contributed by atoms with Gasteiger partial charge in [-0.1, -0.05) is 35.5 Å². The van der Waals surface area contributed by atoms with Crippen LogP contribution in [0.15, 0.2) is 52.2 Å². The Kier molecular flexibility index (Phi) is 6.49. The average Bonchev–Trinajstić information content (AvgIpc) is 3.34. The van der Waals surface area contributed by atoms with Crippen LogP contribution in [0.5, 0.6) is 0 Å². The van der Waals surface area contributed by atoms with E-state index in [1.165, 1.54) is 18.0 Å². The zero-order chi connectivity index (χ0) is 19.9. The van der Waals surface area contributed by atoms with Crippen molar-refractivity contribution in [3.63, 3.8) is 0 Å². The third-order valence-electron chi connectivity index (χ3n) is 3.90. The number of carbonyl (C=O) groups is 2. The van der Waals surface area contributed by atoms with E-state index in [-0.39, 0.29) is 12.3 Å². The van der Waals surface area contributed by atoms with Crippen LogP contribution >= 0.6 is 11.8 Å². The quantitative estimate of drug-likeness (QED) is 0.592. The molecule has 2 N–H and O–H groups in total. The molecule has 3 amide bonds. The fourth-order valence-electron chi connectivity index (χ4n) is 2.60. The summed E-state index contributed by atoms with van der Waals surface area (Å²) in [6, 6.07) is 10.9. The second-order valence-electron chi connectivity index (χ2n) is 6.02. The average molecular weight is 399 g/mol. The van der Waals surface area contributed by atoms with E-state index < -0.39 is 11.9 Å². The molecule has 0 saturated carbocycles. The van der Waals surface area contributed by atoms with E-state index in [4.69, 9.17) is 4.42 Å². The molecule has 0 spiro atoms. The number of nitrogens with zero attached hydrogens (tertiary/aromatic N) is 3. The van der Waals surface area contributed by atoms with Gasteiger partial charge in [-0.25, -0.2) is 4.79 Å². The minimum absolute atomic E-state index is 0.0557. The van der Waals surface area contributed by atoms with Gasteiger partial charge in [-0.15, -0.1) is 10.2 Å². The fraction of sp³-hybridized carbons (Fsp3) is 0.263. The second-order valence-corrected chi connectivity index (χ2v) is 6.96. The number of furan rings is 1. The molecule has 2 heterocycles. The highest BCUT2D eigenvalue weighted by Gasteiger charge is 2.15. The number of nitrogens with one attached hydrogen (secondary N) is 2. The topological polar surface area (TPSA) is 102 Å². The van der Waals surface area contributed by atoms with Crippen LogP contribution in [0.4, 0.5) is 4.79 Å². The Balaban J connectivity index is 1.55. The number of amides is 3. The Bertz CT molecular complexity index is 952. The van der Waals surface area contributed by atoms with Gasteiger partial charge in [-0.2, -0.15) is 0 Å². The van der Waals surface area contributed by atoms with Gasteiger partial charge in [0.1, 0.15) is 5.76 Å². The molecule has 0 aliphatic heterocycles. The third-order valence-corrected chi connectivity index (χ3v) is 4.86. The van der Waals surface area contributed by atoms with Gasteiger partial charge in [0.25, 0.3) is 0 Å². The fourth-order valence-corrected chi connectivity index (χ4v) is 3.40. The molecule has 0 unspecified atom stereocenters. The summed E-state index contributed by atoms with van der Waals surface area (Å²) in [7, 11) is 0. The van der Waals surface area contributed by atoms with Gasteiger partial charge < -0.3 is 14.3 Å². The van der Waals surface area contributed by atoms with Crippen molar-refractivity contribution < 1.29 is 14.0 Å². The van der Waals surface area contributed by atoms with E-state index in [1.807, 2.05) is 42.7 Å². The first-order valence-electron chi connectivity index (χ1n) is 8.80. The number of hydrogen-bond donors (Lipinski definition) is 2. The number of rotatable bonds is 7. The largest absolute Gasteiger partial charge is 0.467 e. The van der Waals surface area contributed by atoms with Gasteiger partial charge in [0, 0.05) is 12.1 Å². The Labute approximate surface area is 166 Å². The molecule has 0 fully saturated rings. The number of imide groups is 1. The van der Waals surface area contributed by atoms with Crippen LogP contribution in [-0.4, -0.2) is 32.5 Å². The molecular weight excluding hydrogens is 378 g/mol. The predicted octanol–water partition coefficient (Wildman–Crippen LogP) is 2.98. The zero-order valence-electron chi connectivity index (χ0n) is 15.6. The third kappa shape index (κ3) is 5.01. The van der Waals surface area contributed by atoms with E-state index in [1.54, 1.807) is 12.1 Å². The normalized spacial score (nSPS) is 10.6. The van der Waals surface area contributed by atoms with Crippen LogP contribution in [0.25, 0.3) is 11.4 Å². The molecule has 3 rings (SSSR count). The molecule has 1 aromatic carbocycles. The van der Waals surface area contributed by atoms with Gasteiger partial charge in [-0.3, -0.25) is 10.1 Å². The standard InChI is InChI=1S/C19H21N5O3S/c1-3-24-17(14-7-4-6-13(2)10-14)22-23-19(24)28-12-16(25)21-18(26)20-11-15-8-5-9-27-15/h4-10H,3,11-12H2,1-2H3,(H2,20,21,25,26). The minimum Gasteiger partial charge on any atom is -0.467 e. The number of thioether (sulfide) groups is 1. The van der Waals surface area contributed by atoms with Crippen molar-refractivity contribution in [2.75, 3.05) is 5.75 Å². The summed E-state index contributed by atoms with van der Waals surface area (Å²) in [6.45, 7) is 4.90. The monoisotopic (exact) mass is 399 g/mol. The summed E-state index contributed by atoms with van der Waals surface area (Å²) in [6.07, 6.45) is 1.52. The number of benzene rings is 1. The van der Waals surface area contributed by atoms with Crippen LogP contribution < -0.4 is 10.6 Å². The van der Waals surface area contributed by atoms with E-state index in [0.29, 0.717) is 17.5 Å². The number of urea groups is 1. The number of hydrogen-bond acceptors (Lipinski definition) is 6. The number of aryl methyl sites for hydroxylation is 1. The SMILES string of the molecule is CCn1c(SCC(=O)NC(=O)NCc2ccco2)nnc1-c1cccc(C)c1. The Morgan fingerprint density at radius 3 is 2.79 bits per heavy atom. The van der Waals surface area contributed by atoms with E-state index >= 15 is 0 Å². The first kappa shape index (κ1) is 19.7. The molecule has 0 aliphatic carbocycles. The van der Waals surface area contributed by atoms with Crippen LogP contribution in [0.1, 0.15) is 18.2 Å². The summed E-state index contributed by atoms with van der Waals surface area (Å²) in [5, 5.41) is 13.9. The van der Waals surface area contributed by atoms with Crippen LogP contribution in [0, 0.1) is 6.92 Å². The first-order chi connectivity index (χ1) is 13.6. The van der Waals surface area contributed by atoms with Gasteiger partial charge >= 0.3 is 6.03 Å². The lowest BCUT2D eigenvalue weighted by atomic mass is 10.1. The molecule has 0 radical (unpaired) electrons. The highest BCUT2D eigenvalue weighted by Crippen LogP contribution is 2.24. The highest BCUT2D eigenvalue weighted by atomic mass is 32.2. The smallest absolute Gasteiger partial charge is 0.321 e. The Morgan fingerprint density at radius 2 is 2.07 bits per heavy atom. The molecule has 146 valence electrons. The predicted molar refractivity (Wildman–Crippen MR) is 106 cm³/mol. The lowest BCUT2D eigenvalue weighted by Gasteiger charge is -2.08. The first-order valence-corrected chi connectivity index (χ1v) is 9.78. The van der Waals surface area contributed by atoms with Gasteiger partial charge in [0.15, 0.2) is 11.0 Å². The van der Waals surface area contributed by atoms with Gasteiger partial charge in [0.2, 0.25) is 5.91 Å². The number of aromatic nitrogens is 3. The minimum atomic E-state index is -0.570. The lowest BCUT2D eigenvalue weighted by Crippen LogP contribution is -2.39. The van der Waals surface area contributed by atoms with Crippen LogP contribution in [0.3, 0.4) is 0 Å². The second kappa shape index (κ2) is 9.23. The van der Waals surface area contributed by atoms with Crippen molar-refractivity contribution in [3.8, 4) is 11.4 Å². The Hall–Kier alpha value is -3.07. The van der Waals surface area contributed by atoms with Crippen molar-refractivity contribution >= 4 is 23.7 Å². The van der Waals surface area contributed by atoms with Crippen LogP contribution in [-0.2, 0) is 17.9 Å². The molecule has 0 bridgehead atoms. The molecular formula is C19H21N5O3S. The Morgan fingerprint density at radius 1 is 1.21 bits per heavy atom. The van der Waals surface area contributed by atoms with Crippen LogP contribution in [0.2, 0.25) is 0 Å². The van der Waals surface area contributed by atoms with E-state index in [0.717, 1.165) is 17.0 Å². The number of carbonyl (C=O) groups excluding carboxylic acids is 2. The summed E-state index contributed by atoms with van der Waals surface area (Å²) >= 11 is 1.24. The maximum absolute atomic E-state index is 12.0. The summed E-state index contributed by atoms with van der Waals surface area (Å²) in [4.78, 5) is 23.8. The van der Waals surface area contributed by atoms with Crippen molar-refractivity contribution in [1.29, 1.82) is 0 Å².